The third-order valence-electron chi connectivity index (χ3n) is 16.2. The minimum Gasteiger partial charge on any atom is -0.378 e. The number of ketones is 2. The number of pyridine rings is 3. The fourth-order valence-corrected chi connectivity index (χ4v) is 12.0. The van der Waals surface area contributed by atoms with Gasteiger partial charge in [0, 0.05) is 122 Å². The van der Waals surface area contributed by atoms with E-state index in [0.717, 1.165) is 106 Å². The van der Waals surface area contributed by atoms with E-state index in [1.807, 2.05) is 106 Å². The highest BCUT2D eigenvalue weighted by atomic mass is 32.2. The second-order valence-corrected chi connectivity index (χ2v) is 24.8. The summed E-state index contributed by atoms with van der Waals surface area (Å²) in [5, 5.41) is 13.0. The van der Waals surface area contributed by atoms with Gasteiger partial charge in [-0.1, -0.05) is 36.4 Å². The van der Waals surface area contributed by atoms with Crippen molar-refractivity contribution < 1.29 is 36.7 Å². The van der Waals surface area contributed by atoms with E-state index in [9.17, 15) is 32.0 Å². The van der Waals surface area contributed by atoms with Crippen LogP contribution in [0.1, 0.15) is 66.4 Å². The summed E-state index contributed by atoms with van der Waals surface area (Å²) < 4.78 is 48.9. The van der Waals surface area contributed by atoms with Gasteiger partial charge < -0.3 is 35.8 Å². The van der Waals surface area contributed by atoms with E-state index in [0.29, 0.717) is 40.3 Å². The molecule has 1 fully saturated rings. The molecule has 0 bridgehead atoms. The molecule has 1 saturated heterocycles. The van der Waals surface area contributed by atoms with Crippen LogP contribution in [0.4, 0.5) is 44.2 Å². The van der Waals surface area contributed by atoms with Crippen LogP contribution >= 0.6 is 0 Å². The van der Waals surface area contributed by atoms with Crippen LogP contribution in [-0.2, 0) is 21.1 Å². The van der Waals surface area contributed by atoms with E-state index in [2.05, 4.69) is 88.8 Å². The summed E-state index contributed by atoms with van der Waals surface area (Å²) in [6, 6.07) is 50.2. The second kappa shape index (κ2) is 26.3. The highest BCUT2D eigenvalue weighted by molar-refractivity contribution is 7.90. The Balaban J connectivity index is 0.000000134. The van der Waals surface area contributed by atoms with Gasteiger partial charge in [0.1, 0.15) is 5.82 Å². The van der Waals surface area contributed by atoms with Crippen LogP contribution in [0, 0.1) is 12.7 Å². The number of hydrogen-bond donors (Lipinski definition) is 4. The molecule has 0 unspecified atom stereocenters. The molecule has 0 saturated carbocycles. The molecule has 2 aliphatic heterocycles. The first-order valence-corrected chi connectivity index (χ1v) is 31.8. The monoisotopic (exact) mass is 1260 g/mol. The molecular weight excluding hydrogens is 1200 g/mol. The highest BCUT2D eigenvalue weighted by Gasteiger charge is 2.21. The number of amides is 2. The van der Waals surface area contributed by atoms with Crippen LogP contribution in [0.2, 0.25) is 0 Å². The zero-order valence-corrected chi connectivity index (χ0v) is 52.6. The van der Waals surface area contributed by atoms with Gasteiger partial charge in [-0.05, 0) is 170 Å². The maximum absolute atomic E-state index is 14.3. The molecule has 2 aliphatic rings. The van der Waals surface area contributed by atoms with Crippen LogP contribution in [0.3, 0.4) is 0 Å². The molecule has 8 heterocycles. The molecule has 2 amide bonds. The lowest BCUT2D eigenvalue weighted by Crippen LogP contribution is -2.36. The lowest BCUT2D eigenvalue weighted by atomic mass is 10.0. The topological polar surface area (TPSA) is 218 Å². The number of aromatic nitrogens is 6. The number of ether oxygens (including phenoxy) is 1. The molecule has 6 aromatic carbocycles. The number of carbonyl (C=O) groups is 4. The molecule has 0 spiro atoms. The Morgan fingerprint density at radius 2 is 1.05 bits per heavy atom. The van der Waals surface area contributed by atoms with E-state index in [1.54, 1.807) is 68.9 Å². The number of sulfone groups is 1. The van der Waals surface area contributed by atoms with Gasteiger partial charge in [-0.15, -0.1) is 0 Å². The van der Waals surface area contributed by atoms with Crippen molar-refractivity contribution in [3.8, 4) is 33.8 Å². The fourth-order valence-electron chi connectivity index (χ4n) is 11.4. The van der Waals surface area contributed by atoms with Crippen molar-refractivity contribution in [2.75, 3.05) is 67.5 Å². The zero-order chi connectivity index (χ0) is 65.1. The van der Waals surface area contributed by atoms with E-state index in [-0.39, 0.29) is 33.8 Å². The van der Waals surface area contributed by atoms with Crippen molar-refractivity contribution in [2.45, 2.75) is 32.2 Å². The highest BCUT2D eigenvalue weighted by Crippen LogP contribution is 2.34. The number of morpholine rings is 1. The van der Waals surface area contributed by atoms with Crippen LogP contribution in [0.15, 0.2) is 206 Å². The molecular formula is C72H65FN12O7S. The number of nitrogens with one attached hydrogen (secondary N) is 4. The molecule has 0 atom stereocenters. The van der Waals surface area contributed by atoms with Crippen molar-refractivity contribution >= 4 is 90.0 Å². The quantitative estimate of drug-likeness (QED) is 0.0745. The van der Waals surface area contributed by atoms with Gasteiger partial charge >= 0.3 is 0 Å². The smallest absolute Gasteiger partial charge is 0.253 e. The van der Waals surface area contributed by atoms with Crippen molar-refractivity contribution in [1.82, 2.24) is 38.4 Å². The Kier molecular flexibility index (Phi) is 17.5. The molecule has 6 aromatic heterocycles. The van der Waals surface area contributed by atoms with E-state index < -0.39 is 15.7 Å². The average Bonchev–Trinajstić information content (AvgIpc) is 1.76. The molecule has 0 aliphatic carbocycles. The number of fused-ring (bicyclic) bond motifs is 4. The number of Topliss-reactive ketones (excluding diaryl/α,β-unsaturated/α-hetero) is 2. The molecule has 93 heavy (non-hydrogen) atoms. The lowest BCUT2D eigenvalue weighted by Gasteiger charge is -2.30. The summed E-state index contributed by atoms with van der Waals surface area (Å²) >= 11 is 0. The normalized spacial score (nSPS) is 12.7. The largest absolute Gasteiger partial charge is 0.378 e. The van der Waals surface area contributed by atoms with Crippen molar-refractivity contribution in [2.24, 2.45) is 0 Å². The van der Waals surface area contributed by atoms with Gasteiger partial charge in [-0.3, -0.25) is 32.4 Å². The van der Waals surface area contributed by atoms with E-state index >= 15 is 0 Å². The SMILES string of the molecule is CC(=O)c1ccc(-c2ccc(Nc3ccc(N4CCOCC4)c(C)c3)c3nccn23)cc1.CC(=O)c1ccc(-c2ccc(Nc3ccc(S(C)(=O)=O)cc3)c3nccn23)cc1F.CN(C)C(=O)c1ccc(Nc2ccc(-c3ccc4c(c3)CNC4=O)n3ccnc23)cc1. The zero-order valence-electron chi connectivity index (χ0n) is 51.8. The summed E-state index contributed by atoms with van der Waals surface area (Å²) in [5.41, 5.74) is 18.4. The van der Waals surface area contributed by atoms with Crippen LogP contribution in [-0.4, -0.2) is 112 Å². The third kappa shape index (κ3) is 13.3. The molecule has 14 rings (SSSR count). The number of nitrogens with zero attached hydrogens (tertiary/aromatic N) is 8. The van der Waals surface area contributed by atoms with Crippen LogP contribution < -0.4 is 26.2 Å². The number of imidazole rings is 3. The molecule has 21 heteroatoms. The Hall–Kier alpha value is -11.3. The van der Waals surface area contributed by atoms with Crippen LogP contribution in [0.25, 0.3) is 50.7 Å². The number of rotatable bonds is 14. The van der Waals surface area contributed by atoms with Gasteiger partial charge in [-0.25, -0.2) is 27.8 Å². The minimum atomic E-state index is -3.26. The maximum Gasteiger partial charge on any atom is 0.253 e. The first kappa shape index (κ1) is 61.9. The summed E-state index contributed by atoms with van der Waals surface area (Å²) in [6.45, 7) is 9.03. The van der Waals surface area contributed by atoms with Gasteiger partial charge in [0.05, 0.1) is 57.8 Å². The maximum atomic E-state index is 14.3. The third-order valence-corrected chi connectivity index (χ3v) is 17.3. The number of aryl methyl sites for hydroxylation is 1. The number of hydrogen-bond acceptors (Lipinski definition) is 14. The predicted octanol–water partition coefficient (Wildman–Crippen LogP) is 13.3. The summed E-state index contributed by atoms with van der Waals surface area (Å²) in [4.78, 5) is 64.7. The van der Waals surface area contributed by atoms with Gasteiger partial charge in [0.2, 0.25) is 0 Å². The first-order chi connectivity index (χ1) is 44.8. The van der Waals surface area contributed by atoms with Crippen molar-refractivity contribution in [3.63, 3.8) is 0 Å². The van der Waals surface area contributed by atoms with Gasteiger partial charge in [0.25, 0.3) is 11.8 Å². The van der Waals surface area contributed by atoms with E-state index in [4.69, 9.17) is 4.74 Å². The number of anilines is 7. The second-order valence-electron chi connectivity index (χ2n) is 22.7. The summed E-state index contributed by atoms with van der Waals surface area (Å²) in [7, 11) is 0.211. The Bertz CT molecular complexity index is 4960. The average molecular weight is 1260 g/mol. The first-order valence-electron chi connectivity index (χ1n) is 29.9. The minimum absolute atomic E-state index is 0.0211. The molecule has 0 radical (unpaired) electrons. The molecule has 4 N–H and O–H groups in total. The fraction of sp³-hybridized carbons (Fsp3) is 0.153. The number of benzene rings is 6. The molecule has 468 valence electrons. The van der Waals surface area contributed by atoms with Crippen molar-refractivity contribution in [3.05, 3.63) is 240 Å². The Morgan fingerprint density at radius 1 is 0.570 bits per heavy atom. The molecule has 19 nitrogen and oxygen atoms in total. The molecule has 12 aromatic rings. The Morgan fingerprint density at radius 3 is 1.56 bits per heavy atom. The van der Waals surface area contributed by atoms with Crippen molar-refractivity contribution in [1.29, 1.82) is 0 Å². The number of halogens is 1. The van der Waals surface area contributed by atoms with Gasteiger partial charge in [-0.2, -0.15) is 0 Å². The summed E-state index contributed by atoms with van der Waals surface area (Å²) in [5.74, 6) is -0.876. The standard InChI is InChI=1S/C26H26N4O2.C24H21N5O2.C22H18FN3O3S/c1-18-17-22(7-9-24(18)29-13-15-32-16-14-29)28-23-8-10-25(30-12-11-27-26(23)30)21-5-3-20(4-6-21)19(2)31;1-28(2)24(31)15-3-6-18(7-4-15)27-20-9-10-21(29-12-11-25-22(20)29)16-5-8-19-17(13-16)14-26-23(19)30;1-14(27)18-8-3-15(13-19(18)23)21-10-9-20(22-24-11-12-26(21)22)25-16-4-6-17(7-5-16)30(2,28)29/h3-12,17,28H,13-16H2,1-2H3;3-13,27H,14H2,1-2H3,(H,26,30);3-13,25H,1-2H3. The van der Waals surface area contributed by atoms with Gasteiger partial charge in [0.15, 0.2) is 38.3 Å². The Labute approximate surface area is 536 Å². The summed E-state index contributed by atoms with van der Waals surface area (Å²) in [6.07, 6.45) is 12.0. The van der Waals surface area contributed by atoms with Crippen LogP contribution in [0.5, 0.6) is 0 Å². The number of carbonyl (C=O) groups excluding carboxylic acids is 4. The van der Waals surface area contributed by atoms with E-state index in [1.165, 1.54) is 42.4 Å². The predicted molar refractivity (Wildman–Crippen MR) is 361 cm³/mol. The lowest BCUT2D eigenvalue weighted by molar-refractivity contribution is 0.0826.